The standard InChI is InChI=1S/C14H12BrN3O2/c1-8-6-9(17(2)16-8)7-18-12-10(13(19)14(18)20)4-3-5-11(12)15/h3-6H,7H2,1-2H3. The Morgan fingerprint density at radius 1 is 1.30 bits per heavy atom. The summed E-state index contributed by atoms with van der Waals surface area (Å²) in [5.74, 6) is -0.953. The number of para-hydroxylation sites is 1. The molecule has 0 saturated heterocycles. The third kappa shape index (κ3) is 1.87. The minimum Gasteiger partial charge on any atom is -0.298 e. The highest BCUT2D eigenvalue weighted by Gasteiger charge is 2.37. The predicted molar refractivity (Wildman–Crippen MR) is 77.6 cm³/mol. The lowest BCUT2D eigenvalue weighted by molar-refractivity contribution is -0.114. The van der Waals surface area contributed by atoms with Gasteiger partial charge in [-0.15, -0.1) is 0 Å². The van der Waals surface area contributed by atoms with Gasteiger partial charge < -0.3 is 0 Å². The average molecular weight is 334 g/mol. The molecule has 5 nitrogen and oxygen atoms in total. The van der Waals surface area contributed by atoms with E-state index in [1.807, 2.05) is 26.1 Å². The molecule has 0 bridgehead atoms. The van der Waals surface area contributed by atoms with Crippen LogP contribution < -0.4 is 4.90 Å². The molecule has 0 saturated carbocycles. The number of ketones is 1. The lowest BCUT2D eigenvalue weighted by Crippen LogP contribution is -2.30. The molecule has 1 amide bonds. The number of amides is 1. The summed E-state index contributed by atoms with van der Waals surface area (Å²) in [5.41, 5.74) is 2.85. The lowest BCUT2D eigenvalue weighted by atomic mass is 10.1. The number of hydrogen-bond acceptors (Lipinski definition) is 3. The minimum atomic E-state index is -0.495. The predicted octanol–water partition coefficient (Wildman–Crippen LogP) is 2.22. The first-order valence-corrected chi connectivity index (χ1v) is 6.92. The Bertz CT molecular complexity index is 736. The van der Waals surface area contributed by atoms with Crippen molar-refractivity contribution in [2.75, 3.05) is 4.90 Å². The third-order valence-electron chi connectivity index (χ3n) is 3.36. The number of carbonyl (C=O) groups excluding carboxylic acids is 2. The molecule has 1 aromatic heterocycles. The number of benzene rings is 1. The van der Waals surface area contributed by atoms with Gasteiger partial charge in [-0.2, -0.15) is 5.10 Å². The van der Waals surface area contributed by atoms with Crippen molar-refractivity contribution >= 4 is 33.3 Å². The first-order chi connectivity index (χ1) is 9.49. The highest BCUT2D eigenvalue weighted by molar-refractivity contribution is 9.10. The second kappa shape index (κ2) is 4.56. The Morgan fingerprint density at radius 2 is 2.05 bits per heavy atom. The van der Waals surface area contributed by atoms with Gasteiger partial charge in [0.05, 0.1) is 29.2 Å². The Kier molecular flexibility index (Phi) is 2.97. The van der Waals surface area contributed by atoms with E-state index in [2.05, 4.69) is 21.0 Å². The van der Waals surface area contributed by atoms with Crippen molar-refractivity contribution in [1.82, 2.24) is 9.78 Å². The van der Waals surface area contributed by atoms with Crippen LogP contribution in [0.4, 0.5) is 5.69 Å². The summed E-state index contributed by atoms with van der Waals surface area (Å²) >= 11 is 3.41. The number of carbonyl (C=O) groups is 2. The smallest absolute Gasteiger partial charge is 0.298 e. The molecule has 20 heavy (non-hydrogen) atoms. The second-order valence-corrected chi connectivity index (χ2v) is 5.61. The molecule has 0 fully saturated rings. The summed E-state index contributed by atoms with van der Waals surface area (Å²) in [4.78, 5) is 25.7. The van der Waals surface area contributed by atoms with E-state index in [-0.39, 0.29) is 0 Å². The van der Waals surface area contributed by atoms with Gasteiger partial charge in [0.15, 0.2) is 0 Å². The van der Waals surface area contributed by atoms with E-state index in [1.54, 1.807) is 16.8 Å². The molecule has 2 aromatic rings. The van der Waals surface area contributed by atoms with Crippen molar-refractivity contribution < 1.29 is 9.59 Å². The molecule has 102 valence electrons. The van der Waals surface area contributed by atoms with Gasteiger partial charge >= 0.3 is 0 Å². The highest BCUT2D eigenvalue weighted by atomic mass is 79.9. The number of fused-ring (bicyclic) bond motifs is 1. The lowest BCUT2D eigenvalue weighted by Gasteiger charge is -2.17. The van der Waals surface area contributed by atoms with Crippen molar-refractivity contribution in [3.8, 4) is 0 Å². The molecule has 0 spiro atoms. The zero-order chi connectivity index (χ0) is 14.4. The van der Waals surface area contributed by atoms with Gasteiger partial charge in [0.1, 0.15) is 0 Å². The Balaban J connectivity index is 2.05. The fourth-order valence-corrected chi connectivity index (χ4v) is 3.02. The van der Waals surface area contributed by atoms with Crippen LogP contribution in [0.2, 0.25) is 0 Å². The van der Waals surface area contributed by atoms with Crippen molar-refractivity contribution in [2.45, 2.75) is 13.5 Å². The number of halogens is 1. The molecule has 3 rings (SSSR count). The normalized spacial score (nSPS) is 14.1. The molecule has 0 aliphatic carbocycles. The number of rotatable bonds is 2. The number of aromatic nitrogens is 2. The van der Waals surface area contributed by atoms with Crippen molar-refractivity contribution in [1.29, 1.82) is 0 Å². The van der Waals surface area contributed by atoms with E-state index >= 15 is 0 Å². The largest absolute Gasteiger partial charge is 0.299 e. The number of anilines is 1. The van der Waals surface area contributed by atoms with E-state index in [1.165, 1.54) is 4.90 Å². The molecule has 1 aliphatic heterocycles. The fraction of sp³-hybridized carbons (Fsp3) is 0.214. The van der Waals surface area contributed by atoms with Crippen LogP contribution in [-0.4, -0.2) is 21.5 Å². The number of hydrogen-bond donors (Lipinski definition) is 0. The monoisotopic (exact) mass is 333 g/mol. The van der Waals surface area contributed by atoms with Crippen LogP contribution >= 0.6 is 15.9 Å². The van der Waals surface area contributed by atoms with Gasteiger partial charge in [-0.25, -0.2) is 0 Å². The van der Waals surface area contributed by atoms with Gasteiger partial charge in [0, 0.05) is 11.5 Å². The van der Waals surface area contributed by atoms with Gasteiger partial charge in [-0.1, -0.05) is 6.07 Å². The van der Waals surface area contributed by atoms with Crippen LogP contribution in [0.25, 0.3) is 0 Å². The zero-order valence-electron chi connectivity index (χ0n) is 11.1. The van der Waals surface area contributed by atoms with Gasteiger partial charge in [0.2, 0.25) is 0 Å². The van der Waals surface area contributed by atoms with Crippen LogP contribution in [-0.2, 0) is 18.4 Å². The highest BCUT2D eigenvalue weighted by Crippen LogP contribution is 2.36. The van der Waals surface area contributed by atoms with Crippen molar-refractivity contribution in [3.63, 3.8) is 0 Å². The number of nitrogens with zero attached hydrogens (tertiary/aromatic N) is 3. The molecule has 0 N–H and O–H groups in total. The quantitative estimate of drug-likeness (QED) is 0.792. The van der Waals surface area contributed by atoms with Crippen molar-refractivity contribution in [3.05, 3.63) is 45.7 Å². The second-order valence-electron chi connectivity index (χ2n) is 4.76. The molecule has 0 atom stereocenters. The maximum absolute atomic E-state index is 12.2. The Hall–Kier alpha value is -1.95. The fourth-order valence-electron chi connectivity index (χ4n) is 2.44. The topological polar surface area (TPSA) is 55.2 Å². The molecule has 0 radical (unpaired) electrons. The summed E-state index contributed by atoms with van der Waals surface area (Å²) in [6, 6.07) is 7.17. The molecule has 1 aliphatic rings. The SMILES string of the molecule is Cc1cc(CN2C(=O)C(=O)c3cccc(Br)c32)n(C)n1. The maximum Gasteiger partial charge on any atom is 0.299 e. The van der Waals surface area contributed by atoms with E-state index in [0.29, 0.717) is 17.8 Å². The molecular formula is C14H12BrN3O2. The first kappa shape index (κ1) is 13.1. The van der Waals surface area contributed by atoms with Crippen LogP contribution in [0.5, 0.6) is 0 Å². The molecule has 1 aromatic carbocycles. The number of Topliss-reactive ketones (excluding diaryl/α,β-unsaturated/α-hetero) is 1. The van der Waals surface area contributed by atoms with Gasteiger partial charge in [-0.3, -0.25) is 19.2 Å². The van der Waals surface area contributed by atoms with Crippen LogP contribution in [0.3, 0.4) is 0 Å². The zero-order valence-corrected chi connectivity index (χ0v) is 12.6. The maximum atomic E-state index is 12.2. The van der Waals surface area contributed by atoms with E-state index in [0.717, 1.165) is 15.9 Å². The summed E-state index contributed by atoms with van der Waals surface area (Å²) in [6.07, 6.45) is 0. The van der Waals surface area contributed by atoms with Gasteiger partial charge in [0.25, 0.3) is 11.7 Å². The molecular weight excluding hydrogens is 322 g/mol. The summed E-state index contributed by atoms with van der Waals surface area (Å²) < 4.78 is 2.47. The minimum absolute atomic E-state index is 0.331. The third-order valence-corrected chi connectivity index (χ3v) is 4.00. The molecule has 0 unspecified atom stereocenters. The van der Waals surface area contributed by atoms with Crippen LogP contribution in [0.15, 0.2) is 28.7 Å². The Labute approximate surface area is 124 Å². The van der Waals surface area contributed by atoms with Crippen LogP contribution in [0.1, 0.15) is 21.7 Å². The van der Waals surface area contributed by atoms with E-state index in [9.17, 15) is 9.59 Å². The molecule has 6 heteroatoms. The molecule has 2 heterocycles. The van der Waals surface area contributed by atoms with E-state index < -0.39 is 11.7 Å². The van der Waals surface area contributed by atoms with Crippen LogP contribution in [0, 0.1) is 6.92 Å². The van der Waals surface area contributed by atoms with E-state index in [4.69, 9.17) is 0 Å². The summed E-state index contributed by atoms with van der Waals surface area (Å²) in [7, 11) is 1.83. The first-order valence-electron chi connectivity index (χ1n) is 6.13. The average Bonchev–Trinajstić information content (AvgIpc) is 2.83. The number of aryl methyl sites for hydroxylation is 2. The van der Waals surface area contributed by atoms with Gasteiger partial charge in [-0.05, 0) is 41.1 Å². The van der Waals surface area contributed by atoms with Crippen molar-refractivity contribution in [2.24, 2.45) is 7.05 Å². The Morgan fingerprint density at radius 3 is 2.70 bits per heavy atom. The summed E-state index contributed by atoms with van der Waals surface area (Å²) in [6.45, 7) is 2.22. The summed E-state index contributed by atoms with van der Waals surface area (Å²) in [5, 5.41) is 4.26.